The van der Waals surface area contributed by atoms with Crippen LogP contribution in [-0.2, 0) is 17.6 Å². The number of aryl methyl sites for hydroxylation is 1. The lowest BCUT2D eigenvalue weighted by atomic mass is 9.97. The summed E-state index contributed by atoms with van der Waals surface area (Å²) in [6, 6.07) is 7.48. The number of fused-ring (bicyclic) bond motifs is 1. The molecule has 3 aromatic rings. The molecular formula is C21H25N5O3S. The van der Waals surface area contributed by atoms with E-state index in [1.54, 1.807) is 37.3 Å². The number of piperidine rings is 1. The Kier molecular flexibility index (Phi) is 6.37. The smallest absolute Gasteiger partial charge is 0.294 e. The summed E-state index contributed by atoms with van der Waals surface area (Å²) in [5.41, 5.74) is 1.05. The number of furan rings is 1. The second-order valence-corrected chi connectivity index (χ2v) is 8.46. The number of aromatic nitrogens is 3. The van der Waals surface area contributed by atoms with Crippen molar-refractivity contribution < 1.29 is 9.21 Å². The Labute approximate surface area is 178 Å². The van der Waals surface area contributed by atoms with Crippen LogP contribution in [0.1, 0.15) is 18.6 Å². The number of rotatable bonds is 7. The zero-order valence-corrected chi connectivity index (χ0v) is 17.7. The van der Waals surface area contributed by atoms with Crippen LogP contribution in [0.15, 0.2) is 45.9 Å². The maximum atomic E-state index is 12.8. The van der Waals surface area contributed by atoms with Crippen molar-refractivity contribution >= 4 is 34.7 Å². The van der Waals surface area contributed by atoms with E-state index in [0.717, 1.165) is 36.7 Å². The van der Waals surface area contributed by atoms with Crippen LogP contribution < -0.4 is 15.8 Å². The number of hydrogen-bond donors (Lipinski definition) is 1. The molecule has 1 aliphatic rings. The minimum atomic E-state index is -0.184. The van der Waals surface area contributed by atoms with Crippen LogP contribution in [0.25, 0.3) is 11.2 Å². The average Bonchev–Trinajstić information content (AvgIpc) is 3.29. The number of hydrogen-bond acceptors (Lipinski definition) is 7. The summed E-state index contributed by atoms with van der Waals surface area (Å²) in [7, 11) is 1.71. The van der Waals surface area contributed by atoms with Crippen LogP contribution in [0.4, 0.5) is 5.82 Å². The molecule has 9 heteroatoms. The molecule has 4 heterocycles. The Bertz CT molecular complexity index is 1070. The number of pyridine rings is 1. The van der Waals surface area contributed by atoms with Crippen molar-refractivity contribution in [1.82, 2.24) is 19.9 Å². The number of amides is 1. The van der Waals surface area contributed by atoms with Crippen LogP contribution >= 0.6 is 11.8 Å². The van der Waals surface area contributed by atoms with Crippen molar-refractivity contribution in [3.05, 3.63) is 52.8 Å². The molecule has 3 aromatic heterocycles. The van der Waals surface area contributed by atoms with E-state index in [4.69, 9.17) is 4.42 Å². The van der Waals surface area contributed by atoms with Gasteiger partial charge in [0.1, 0.15) is 11.3 Å². The van der Waals surface area contributed by atoms with E-state index >= 15 is 0 Å². The number of carbonyl (C=O) groups excluding carboxylic acids is 1. The number of thioether (sulfide) groups is 1. The second-order valence-electron chi connectivity index (χ2n) is 7.35. The van der Waals surface area contributed by atoms with E-state index in [1.807, 2.05) is 23.1 Å². The first-order valence-electron chi connectivity index (χ1n) is 10.1. The lowest BCUT2D eigenvalue weighted by molar-refractivity contribution is -0.125. The van der Waals surface area contributed by atoms with Crippen molar-refractivity contribution in [2.24, 2.45) is 13.0 Å². The molecule has 1 aliphatic heterocycles. The highest BCUT2D eigenvalue weighted by molar-refractivity contribution is 7.98. The van der Waals surface area contributed by atoms with Gasteiger partial charge in [-0.05, 0) is 37.1 Å². The molecular weight excluding hydrogens is 402 g/mol. The molecule has 1 unspecified atom stereocenters. The van der Waals surface area contributed by atoms with E-state index in [0.29, 0.717) is 30.1 Å². The summed E-state index contributed by atoms with van der Waals surface area (Å²) in [5, 5.41) is 3.03. The summed E-state index contributed by atoms with van der Waals surface area (Å²) in [6.45, 7) is 1.83. The van der Waals surface area contributed by atoms with Crippen molar-refractivity contribution in [2.45, 2.75) is 18.6 Å². The maximum absolute atomic E-state index is 12.8. The molecule has 1 amide bonds. The zero-order valence-electron chi connectivity index (χ0n) is 16.9. The van der Waals surface area contributed by atoms with Gasteiger partial charge in [-0.25, -0.2) is 9.97 Å². The molecule has 158 valence electrons. The molecule has 0 spiro atoms. The standard InChI is InChI=1S/C21H25N5O3S/c1-25-18-17(7-2-8-22-18)24-19(21(25)28)26-10-3-5-15(13-26)20(27)23-9-12-30-14-16-6-4-11-29-16/h2,4,6-8,11,15H,3,5,9-10,12-14H2,1H3,(H,23,27). The van der Waals surface area contributed by atoms with Crippen LogP contribution in [0.2, 0.25) is 0 Å². The van der Waals surface area contributed by atoms with E-state index in [9.17, 15) is 9.59 Å². The molecule has 8 nitrogen and oxygen atoms in total. The zero-order chi connectivity index (χ0) is 20.9. The third-order valence-electron chi connectivity index (χ3n) is 5.27. The normalized spacial score (nSPS) is 16.7. The molecule has 1 fully saturated rings. The first-order chi connectivity index (χ1) is 14.6. The summed E-state index contributed by atoms with van der Waals surface area (Å²) in [6.07, 6.45) is 4.98. The molecule has 4 rings (SSSR count). The Morgan fingerprint density at radius 2 is 2.27 bits per heavy atom. The third kappa shape index (κ3) is 4.51. The van der Waals surface area contributed by atoms with Crippen molar-refractivity contribution in [1.29, 1.82) is 0 Å². The molecule has 0 saturated carbocycles. The summed E-state index contributed by atoms with van der Waals surface area (Å²) in [4.78, 5) is 36.2. The van der Waals surface area contributed by atoms with Gasteiger partial charge in [-0.2, -0.15) is 11.8 Å². The van der Waals surface area contributed by atoms with Gasteiger partial charge >= 0.3 is 0 Å². The predicted octanol–water partition coefficient (Wildman–Crippen LogP) is 2.19. The number of carbonyl (C=O) groups is 1. The van der Waals surface area contributed by atoms with E-state index < -0.39 is 0 Å². The predicted molar refractivity (Wildman–Crippen MR) is 118 cm³/mol. The molecule has 1 saturated heterocycles. The minimum absolute atomic E-state index is 0.0394. The largest absolute Gasteiger partial charge is 0.468 e. The quantitative estimate of drug-likeness (QED) is 0.578. The molecule has 1 N–H and O–H groups in total. The van der Waals surface area contributed by atoms with Gasteiger partial charge in [0.15, 0.2) is 11.5 Å². The maximum Gasteiger partial charge on any atom is 0.294 e. The highest BCUT2D eigenvalue weighted by Crippen LogP contribution is 2.21. The van der Waals surface area contributed by atoms with Gasteiger partial charge in [0.25, 0.3) is 5.56 Å². The van der Waals surface area contributed by atoms with E-state index in [-0.39, 0.29) is 17.4 Å². The Balaban J connectivity index is 1.35. The van der Waals surface area contributed by atoms with Gasteiger partial charge in [0.05, 0.1) is 17.9 Å². The summed E-state index contributed by atoms with van der Waals surface area (Å²) < 4.78 is 6.83. The Morgan fingerprint density at radius 1 is 1.37 bits per heavy atom. The molecule has 0 radical (unpaired) electrons. The second kappa shape index (κ2) is 9.34. The number of nitrogens with one attached hydrogen (secondary N) is 1. The van der Waals surface area contributed by atoms with E-state index in [2.05, 4.69) is 15.3 Å². The number of nitrogens with zero attached hydrogens (tertiary/aromatic N) is 4. The SMILES string of the molecule is Cn1c(=O)c(N2CCCC(C(=O)NCCSCc3ccco3)C2)nc2cccnc21. The first-order valence-corrected chi connectivity index (χ1v) is 11.2. The highest BCUT2D eigenvalue weighted by Gasteiger charge is 2.28. The van der Waals surface area contributed by atoms with Crippen LogP contribution in [0.5, 0.6) is 0 Å². The molecule has 0 bridgehead atoms. The van der Waals surface area contributed by atoms with Crippen molar-refractivity contribution in [3.8, 4) is 0 Å². The summed E-state index contributed by atoms with van der Waals surface area (Å²) >= 11 is 1.72. The van der Waals surface area contributed by atoms with E-state index in [1.165, 1.54) is 4.57 Å². The number of anilines is 1. The van der Waals surface area contributed by atoms with Crippen LogP contribution in [0, 0.1) is 5.92 Å². The fourth-order valence-electron chi connectivity index (χ4n) is 3.69. The van der Waals surface area contributed by atoms with Crippen LogP contribution in [-0.4, -0.2) is 45.8 Å². The molecule has 0 aliphatic carbocycles. The van der Waals surface area contributed by atoms with Crippen LogP contribution in [0.3, 0.4) is 0 Å². The monoisotopic (exact) mass is 427 g/mol. The fraction of sp³-hybridized carbons (Fsp3) is 0.429. The van der Waals surface area contributed by atoms with Gasteiger partial charge in [-0.15, -0.1) is 0 Å². The van der Waals surface area contributed by atoms with Gasteiger partial charge < -0.3 is 14.6 Å². The molecule has 0 aromatic carbocycles. The average molecular weight is 428 g/mol. The van der Waals surface area contributed by atoms with Gasteiger partial charge in [0.2, 0.25) is 5.91 Å². The lowest BCUT2D eigenvalue weighted by Crippen LogP contribution is -2.45. The highest BCUT2D eigenvalue weighted by atomic mass is 32.2. The van der Waals surface area contributed by atoms with Gasteiger partial charge in [0, 0.05) is 38.6 Å². The Morgan fingerprint density at radius 3 is 3.10 bits per heavy atom. The first kappa shape index (κ1) is 20.5. The topological polar surface area (TPSA) is 93.3 Å². The van der Waals surface area contributed by atoms with Crippen molar-refractivity contribution in [3.63, 3.8) is 0 Å². The lowest BCUT2D eigenvalue weighted by Gasteiger charge is -2.32. The third-order valence-corrected chi connectivity index (χ3v) is 6.25. The summed E-state index contributed by atoms with van der Waals surface area (Å²) in [5.74, 6) is 2.84. The van der Waals surface area contributed by atoms with Gasteiger partial charge in [-0.1, -0.05) is 0 Å². The molecule has 30 heavy (non-hydrogen) atoms. The fourth-order valence-corrected chi connectivity index (χ4v) is 4.45. The minimum Gasteiger partial charge on any atom is -0.468 e. The van der Waals surface area contributed by atoms with Crippen molar-refractivity contribution in [2.75, 3.05) is 30.3 Å². The molecule has 1 atom stereocenters. The Hall–Kier alpha value is -2.81. The van der Waals surface area contributed by atoms with Gasteiger partial charge in [-0.3, -0.25) is 14.2 Å².